The van der Waals surface area contributed by atoms with Crippen molar-refractivity contribution in [3.63, 3.8) is 0 Å². The molecule has 2 aromatic carbocycles. The third-order valence-corrected chi connectivity index (χ3v) is 3.34. The van der Waals surface area contributed by atoms with E-state index in [0.717, 1.165) is 12.1 Å². The van der Waals surface area contributed by atoms with Crippen molar-refractivity contribution in [3.05, 3.63) is 58.4 Å². The van der Waals surface area contributed by atoms with E-state index < -0.39 is 23.5 Å². The Morgan fingerprint density at radius 1 is 1.10 bits per heavy atom. The van der Waals surface area contributed by atoms with E-state index in [-0.39, 0.29) is 16.5 Å². The van der Waals surface area contributed by atoms with E-state index >= 15 is 0 Å². The van der Waals surface area contributed by atoms with Gasteiger partial charge >= 0.3 is 0 Å². The summed E-state index contributed by atoms with van der Waals surface area (Å²) in [6, 6.07) is 5.72. The molecule has 0 saturated heterocycles. The van der Waals surface area contributed by atoms with Gasteiger partial charge in [0, 0.05) is 12.1 Å². The second kappa shape index (κ2) is 6.26. The van der Waals surface area contributed by atoms with Crippen LogP contribution in [0, 0.1) is 17.5 Å². The number of methoxy groups -OCH3 is 1. The quantitative estimate of drug-likeness (QED) is 0.863. The standard InChI is InChI=1S/C15H13ClF3NO/c1-8(9-3-4-14(21-2)12(18)5-9)20-15-11(16)6-10(17)7-13(15)19/h3-8,20H,1-2H3. The maximum atomic E-state index is 13.7. The van der Waals surface area contributed by atoms with Gasteiger partial charge in [0.15, 0.2) is 17.4 Å². The Labute approximate surface area is 125 Å². The molecule has 6 heteroatoms. The molecular formula is C15H13ClF3NO. The molecule has 0 amide bonds. The van der Waals surface area contributed by atoms with Crippen molar-refractivity contribution in [2.45, 2.75) is 13.0 Å². The third-order valence-electron chi connectivity index (χ3n) is 3.04. The van der Waals surface area contributed by atoms with Gasteiger partial charge in [0.1, 0.15) is 5.82 Å². The maximum absolute atomic E-state index is 13.7. The fourth-order valence-corrected chi connectivity index (χ4v) is 2.18. The molecular weight excluding hydrogens is 303 g/mol. The number of rotatable bonds is 4. The molecule has 0 bridgehead atoms. The van der Waals surface area contributed by atoms with Crippen LogP contribution in [0.25, 0.3) is 0 Å². The lowest BCUT2D eigenvalue weighted by atomic mass is 10.1. The van der Waals surface area contributed by atoms with E-state index in [0.29, 0.717) is 5.56 Å². The Hall–Kier alpha value is -1.88. The minimum Gasteiger partial charge on any atom is -0.494 e. The predicted octanol–water partition coefficient (Wildman–Crippen LogP) is 4.94. The van der Waals surface area contributed by atoms with Gasteiger partial charge in [-0.05, 0) is 30.7 Å². The molecule has 0 aromatic heterocycles. The van der Waals surface area contributed by atoms with E-state index in [1.54, 1.807) is 13.0 Å². The monoisotopic (exact) mass is 315 g/mol. The molecule has 1 N–H and O–H groups in total. The van der Waals surface area contributed by atoms with Crippen LogP contribution in [0.4, 0.5) is 18.9 Å². The van der Waals surface area contributed by atoms with Gasteiger partial charge < -0.3 is 10.1 Å². The molecule has 112 valence electrons. The molecule has 0 aliphatic rings. The number of hydrogen-bond donors (Lipinski definition) is 1. The first-order valence-electron chi connectivity index (χ1n) is 6.17. The third kappa shape index (κ3) is 3.42. The lowest BCUT2D eigenvalue weighted by Crippen LogP contribution is -2.09. The molecule has 2 aromatic rings. The number of ether oxygens (including phenoxy) is 1. The zero-order valence-corrected chi connectivity index (χ0v) is 12.1. The zero-order valence-electron chi connectivity index (χ0n) is 11.4. The molecule has 2 rings (SSSR count). The van der Waals surface area contributed by atoms with E-state index in [1.807, 2.05) is 0 Å². The van der Waals surface area contributed by atoms with Crippen LogP contribution >= 0.6 is 11.6 Å². The summed E-state index contributed by atoms with van der Waals surface area (Å²) in [5, 5.41) is 2.73. The summed E-state index contributed by atoms with van der Waals surface area (Å²) < 4.78 is 45.2. The van der Waals surface area contributed by atoms with Gasteiger partial charge in [0.25, 0.3) is 0 Å². The number of halogens is 4. The average Bonchev–Trinajstić information content (AvgIpc) is 2.42. The molecule has 1 atom stereocenters. The highest BCUT2D eigenvalue weighted by Crippen LogP contribution is 2.31. The van der Waals surface area contributed by atoms with Gasteiger partial charge in [-0.25, -0.2) is 13.2 Å². The molecule has 0 spiro atoms. The van der Waals surface area contributed by atoms with Crippen molar-refractivity contribution < 1.29 is 17.9 Å². The largest absolute Gasteiger partial charge is 0.494 e. The van der Waals surface area contributed by atoms with E-state index in [1.165, 1.54) is 19.2 Å². The van der Waals surface area contributed by atoms with E-state index in [2.05, 4.69) is 5.32 Å². The minimum absolute atomic E-state index is 0.0261. The molecule has 0 radical (unpaired) electrons. The summed E-state index contributed by atoms with van der Waals surface area (Å²) in [6.45, 7) is 1.71. The Balaban J connectivity index is 2.26. The molecule has 0 aliphatic heterocycles. The van der Waals surface area contributed by atoms with Crippen LogP contribution in [0.1, 0.15) is 18.5 Å². The second-order valence-electron chi connectivity index (χ2n) is 4.50. The predicted molar refractivity (Wildman–Crippen MR) is 76.4 cm³/mol. The SMILES string of the molecule is COc1ccc(C(C)Nc2c(F)cc(F)cc2Cl)cc1F. The van der Waals surface area contributed by atoms with Crippen LogP contribution in [-0.4, -0.2) is 7.11 Å². The van der Waals surface area contributed by atoms with Gasteiger partial charge in [-0.2, -0.15) is 0 Å². The Morgan fingerprint density at radius 3 is 2.38 bits per heavy atom. The van der Waals surface area contributed by atoms with Crippen molar-refractivity contribution in [1.82, 2.24) is 0 Å². The van der Waals surface area contributed by atoms with Crippen molar-refractivity contribution in [2.24, 2.45) is 0 Å². The van der Waals surface area contributed by atoms with Crippen molar-refractivity contribution in [1.29, 1.82) is 0 Å². The Bertz CT molecular complexity index is 640. The van der Waals surface area contributed by atoms with E-state index in [4.69, 9.17) is 16.3 Å². The fraction of sp³-hybridized carbons (Fsp3) is 0.200. The number of nitrogens with one attached hydrogen (secondary N) is 1. The summed E-state index contributed by atoms with van der Waals surface area (Å²) in [4.78, 5) is 0. The smallest absolute Gasteiger partial charge is 0.165 e. The summed E-state index contributed by atoms with van der Waals surface area (Å²) in [6.07, 6.45) is 0. The Kier molecular flexibility index (Phi) is 4.63. The molecule has 0 aliphatic carbocycles. The first kappa shape index (κ1) is 15.5. The highest BCUT2D eigenvalue weighted by molar-refractivity contribution is 6.33. The van der Waals surface area contributed by atoms with Gasteiger partial charge in [0.05, 0.1) is 17.8 Å². The van der Waals surface area contributed by atoms with Crippen LogP contribution in [-0.2, 0) is 0 Å². The molecule has 0 heterocycles. The summed E-state index contributed by atoms with van der Waals surface area (Å²) in [7, 11) is 1.37. The van der Waals surface area contributed by atoms with Crippen LogP contribution in [0.2, 0.25) is 5.02 Å². The van der Waals surface area contributed by atoms with Gasteiger partial charge in [0.2, 0.25) is 0 Å². The van der Waals surface area contributed by atoms with Crippen molar-refractivity contribution >= 4 is 17.3 Å². The minimum atomic E-state index is -0.805. The second-order valence-corrected chi connectivity index (χ2v) is 4.91. The lowest BCUT2D eigenvalue weighted by molar-refractivity contribution is 0.386. The van der Waals surface area contributed by atoms with Crippen LogP contribution < -0.4 is 10.1 Å². The Morgan fingerprint density at radius 2 is 1.81 bits per heavy atom. The lowest BCUT2D eigenvalue weighted by Gasteiger charge is -2.18. The molecule has 21 heavy (non-hydrogen) atoms. The number of benzene rings is 2. The van der Waals surface area contributed by atoms with Crippen molar-refractivity contribution in [2.75, 3.05) is 12.4 Å². The topological polar surface area (TPSA) is 21.3 Å². The number of hydrogen-bond acceptors (Lipinski definition) is 2. The van der Waals surface area contributed by atoms with Gasteiger partial charge in [-0.15, -0.1) is 0 Å². The molecule has 1 unspecified atom stereocenters. The first-order chi connectivity index (χ1) is 9.92. The van der Waals surface area contributed by atoms with Crippen LogP contribution in [0.5, 0.6) is 5.75 Å². The van der Waals surface area contributed by atoms with Gasteiger partial charge in [-0.1, -0.05) is 17.7 Å². The maximum Gasteiger partial charge on any atom is 0.165 e. The highest BCUT2D eigenvalue weighted by atomic mass is 35.5. The first-order valence-corrected chi connectivity index (χ1v) is 6.54. The van der Waals surface area contributed by atoms with Crippen LogP contribution in [0.15, 0.2) is 30.3 Å². The normalized spacial score (nSPS) is 12.1. The van der Waals surface area contributed by atoms with E-state index in [9.17, 15) is 13.2 Å². The molecule has 0 saturated carbocycles. The fourth-order valence-electron chi connectivity index (χ4n) is 1.93. The zero-order chi connectivity index (χ0) is 15.6. The summed E-state index contributed by atoms with van der Waals surface area (Å²) in [5.74, 6) is -1.96. The summed E-state index contributed by atoms with van der Waals surface area (Å²) in [5.41, 5.74) is 0.551. The highest BCUT2D eigenvalue weighted by Gasteiger charge is 2.15. The molecule has 0 fully saturated rings. The van der Waals surface area contributed by atoms with Crippen LogP contribution in [0.3, 0.4) is 0 Å². The van der Waals surface area contributed by atoms with Gasteiger partial charge in [-0.3, -0.25) is 0 Å². The number of anilines is 1. The van der Waals surface area contributed by atoms with Crippen molar-refractivity contribution in [3.8, 4) is 5.75 Å². The average molecular weight is 316 g/mol. The molecule has 2 nitrogen and oxygen atoms in total. The summed E-state index contributed by atoms with van der Waals surface area (Å²) >= 11 is 5.81.